The van der Waals surface area contributed by atoms with Crippen molar-refractivity contribution < 1.29 is 13.2 Å². The molecule has 3 aromatic rings. The van der Waals surface area contributed by atoms with Crippen molar-refractivity contribution in [1.29, 1.82) is 5.26 Å². The molecule has 0 spiro atoms. The summed E-state index contributed by atoms with van der Waals surface area (Å²) in [6, 6.07) is 14.9. The van der Waals surface area contributed by atoms with Gasteiger partial charge in [-0.1, -0.05) is 12.1 Å². The summed E-state index contributed by atoms with van der Waals surface area (Å²) in [4.78, 5) is 28.6. The summed E-state index contributed by atoms with van der Waals surface area (Å²) in [5, 5.41) is 13.6. The van der Waals surface area contributed by atoms with E-state index in [-0.39, 0.29) is 54.6 Å². The lowest BCUT2D eigenvalue weighted by Crippen LogP contribution is -2.51. The van der Waals surface area contributed by atoms with E-state index in [2.05, 4.69) is 5.10 Å². The van der Waals surface area contributed by atoms with Crippen LogP contribution in [-0.4, -0.2) is 59.5 Å². The molecule has 0 bridgehead atoms. The number of amides is 1. The second-order valence-electron chi connectivity index (χ2n) is 7.52. The van der Waals surface area contributed by atoms with Crippen molar-refractivity contribution in [1.82, 2.24) is 19.0 Å². The van der Waals surface area contributed by atoms with Crippen LogP contribution >= 0.6 is 11.3 Å². The van der Waals surface area contributed by atoms with E-state index in [1.165, 1.54) is 27.4 Å². The van der Waals surface area contributed by atoms with Gasteiger partial charge < -0.3 is 4.90 Å². The third kappa shape index (κ3) is 4.73. The van der Waals surface area contributed by atoms with Crippen LogP contribution in [0.2, 0.25) is 0 Å². The molecule has 170 valence electrons. The minimum atomic E-state index is -3.85. The number of piperazine rings is 1. The zero-order valence-corrected chi connectivity index (χ0v) is 19.5. The van der Waals surface area contributed by atoms with Crippen molar-refractivity contribution in [3.05, 3.63) is 69.3 Å². The molecule has 0 N–H and O–H groups in total. The zero-order chi connectivity index (χ0) is 23.6. The van der Waals surface area contributed by atoms with Crippen molar-refractivity contribution in [2.75, 3.05) is 26.2 Å². The average molecular weight is 484 g/mol. The predicted molar refractivity (Wildman–Crippen MR) is 123 cm³/mol. The summed E-state index contributed by atoms with van der Waals surface area (Å²) in [6.45, 7) is 2.33. The van der Waals surface area contributed by atoms with E-state index in [1.807, 2.05) is 25.1 Å². The molecule has 1 fully saturated rings. The maximum atomic E-state index is 13.0. The van der Waals surface area contributed by atoms with Gasteiger partial charge in [-0.3, -0.25) is 9.59 Å². The van der Waals surface area contributed by atoms with E-state index in [1.54, 1.807) is 29.5 Å². The van der Waals surface area contributed by atoms with Crippen LogP contribution in [0.5, 0.6) is 0 Å². The van der Waals surface area contributed by atoms with Gasteiger partial charge in [-0.05, 0) is 37.3 Å². The van der Waals surface area contributed by atoms with E-state index >= 15 is 0 Å². The quantitative estimate of drug-likeness (QED) is 0.545. The van der Waals surface area contributed by atoms with Crippen LogP contribution in [0, 0.1) is 18.3 Å². The van der Waals surface area contributed by atoms with Crippen LogP contribution in [0.15, 0.2) is 58.2 Å². The molecule has 4 rings (SSSR count). The van der Waals surface area contributed by atoms with Gasteiger partial charge in [0.1, 0.15) is 18.3 Å². The molecule has 0 aliphatic carbocycles. The number of rotatable bonds is 5. The first-order valence-electron chi connectivity index (χ1n) is 10.2. The first-order valence-corrected chi connectivity index (χ1v) is 12.5. The number of aryl methyl sites for hydroxylation is 1. The monoisotopic (exact) mass is 483 g/mol. The largest absolute Gasteiger partial charge is 0.338 e. The van der Waals surface area contributed by atoms with Crippen LogP contribution in [0.25, 0.3) is 10.6 Å². The molecule has 1 aromatic carbocycles. The molecule has 9 nitrogen and oxygen atoms in total. The highest BCUT2D eigenvalue weighted by atomic mass is 32.2. The fourth-order valence-corrected chi connectivity index (χ4v) is 5.99. The fourth-order valence-electron chi connectivity index (χ4n) is 3.59. The Hall–Kier alpha value is -3.33. The Morgan fingerprint density at radius 3 is 2.48 bits per heavy atom. The van der Waals surface area contributed by atoms with Crippen LogP contribution in [0.4, 0.5) is 0 Å². The lowest BCUT2D eigenvalue weighted by Gasteiger charge is -2.34. The first kappa shape index (κ1) is 22.8. The van der Waals surface area contributed by atoms with E-state index in [0.717, 1.165) is 14.4 Å². The molecule has 0 atom stereocenters. The molecule has 33 heavy (non-hydrogen) atoms. The topological polar surface area (TPSA) is 116 Å². The number of hydrogen-bond acceptors (Lipinski definition) is 7. The van der Waals surface area contributed by atoms with Crippen molar-refractivity contribution in [2.45, 2.75) is 18.4 Å². The lowest BCUT2D eigenvalue weighted by molar-refractivity contribution is -0.133. The molecule has 0 radical (unpaired) electrons. The van der Waals surface area contributed by atoms with Gasteiger partial charge in [0.05, 0.1) is 15.3 Å². The van der Waals surface area contributed by atoms with Gasteiger partial charge in [0.2, 0.25) is 15.9 Å². The van der Waals surface area contributed by atoms with Crippen LogP contribution < -0.4 is 5.56 Å². The maximum Gasteiger partial charge on any atom is 0.267 e. The molecule has 0 unspecified atom stereocenters. The highest BCUT2D eigenvalue weighted by Gasteiger charge is 2.31. The summed E-state index contributed by atoms with van der Waals surface area (Å²) < 4.78 is 28.4. The summed E-state index contributed by atoms with van der Waals surface area (Å²) in [5.74, 6) is -0.307. The normalized spacial score (nSPS) is 14.7. The molecule has 2 aromatic heterocycles. The number of nitriles is 1. The number of thiophene rings is 1. The van der Waals surface area contributed by atoms with Gasteiger partial charge >= 0.3 is 0 Å². The summed E-state index contributed by atoms with van der Waals surface area (Å²) in [7, 11) is -3.85. The van der Waals surface area contributed by atoms with E-state index in [9.17, 15) is 23.3 Å². The molecule has 1 aliphatic heterocycles. The Kier molecular flexibility index (Phi) is 6.42. The van der Waals surface area contributed by atoms with Crippen molar-refractivity contribution in [3.8, 4) is 16.6 Å². The standard InChI is InChI=1S/C22H21N5O4S2/c1-16-6-8-19(32-16)18-7-9-21(28)27(24-18)15-22(29)25-10-12-26(13-11-25)33(30,31)20-5-3-2-4-17(20)14-23/h2-9H,10-13,15H2,1H3. The molecule has 1 amide bonds. The third-order valence-corrected chi connectivity index (χ3v) is 8.34. The smallest absolute Gasteiger partial charge is 0.267 e. The van der Waals surface area contributed by atoms with Gasteiger partial charge in [0.25, 0.3) is 5.56 Å². The second-order valence-corrected chi connectivity index (χ2v) is 10.7. The third-order valence-electron chi connectivity index (χ3n) is 5.36. The Bertz CT molecular complexity index is 1400. The molecule has 1 saturated heterocycles. The Labute approximate surface area is 195 Å². The highest BCUT2D eigenvalue weighted by molar-refractivity contribution is 7.89. The molecular formula is C22H21N5O4S2. The molecule has 11 heteroatoms. The van der Waals surface area contributed by atoms with Gasteiger partial charge in [-0.15, -0.1) is 11.3 Å². The number of nitrogens with zero attached hydrogens (tertiary/aromatic N) is 5. The van der Waals surface area contributed by atoms with Crippen LogP contribution in [0.1, 0.15) is 10.4 Å². The van der Waals surface area contributed by atoms with E-state index in [0.29, 0.717) is 5.69 Å². The van der Waals surface area contributed by atoms with Crippen molar-refractivity contribution in [2.24, 2.45) is 0 Å². The minimum Gasteiger partial charge on any atom is -0.338 e. The molecular weight excluding hydrogens is 462 g/mol. The van der Waals surface area contributed by atoms with Gasteiger partial charge in [-0.2, -0.15) is 14.7 Å². The van der Waals surface area contributed by atoms with E-state index in [4.69, 9.17) is 0 Å². The lowest BCUT2D eigenvalue weighted by atomic mass is 10.2. The van der Waals surface area contributed by atoms with Crippen LogP contribution in [-0.2, 0) is 21.4 Å². The Morgan fingerprint density at radius 2 is 1.82 bits per heavy atom. The molecule has 0 saturated carbocycles. The number of carbonyl (C=O) groups excluding carboxylic acids is 1. The van der Waals surface area contributed by atoms with E-state index < -0.39 is 10.0 Å². The number of aromatic nitrogens is 2. The predicted octanol–water partition coefficient (Wildman–Crippen LogP) is 1.68. The zero-order valence-electron chi connectivity index (χ0n) is 17.8. The summed E-state index contributed by atoms with van der Waals surface area (Å²) in [5.41, 5.74) is 0.324. The Morgan fingerprint density at radius 1 is 1.09 bits per heavy atom. The van der Waals surface area contributed by atoms with Gasteiger partial charge in [0.15, 0.2) is 0 Å². The SMILES string of the molecule is Cc1ccc(-c2ccc(=O)n(CC(=O)N3CCN(S(=O)(=O)c4ccccc4C#N)CC3)n2)s1. The minimum absolute atomic E-state index is 0.0383. The van der Waals surface area contributed by atoms with Crippen molar-refractivity contribution in [3.63, 3.8) is 0 Å². The van der Waals surface area contributed by atoms with Gasteiger partial charge in [0, 0.05) is 37.1 Å². The number of benzene rings is 1. The maximum absolute atomic E-state index is 13.0. The fraction of sp³-hybridized carbons (Fsp3) is 0.273. The Balaban J connectivity index is 1.44. The van der Waals surface area contributed by atoms with Crippen LogP contribution in [0.3, 0.4) is 0 Å². The number of hydrogen-bond donors (Lipinski definition) is 0. The van der Waals surface area contributed by atoms with Gasteiger partial charge in [-0.25, -0.2) is 13.1 Å². The molecule has 1 aliphatic rings. The first-order chi connectivity index (χ1) is 15.8. The number of sulfonamides is 1. The summed E-state index contributed by atoms with van der Waals surface area (Å²) >= 11 is 1.55. The second kappa shape index (κ2) is 9.27. The van der Waals surface area contributed by atoms with Crippen molar-refractivity contribution >= 4 is 27.3 Å². The highest BCUT2D eigenvalue weighted by Crippen LogP contribution is 2.25. The average Bonchev–Trinajstić information content (AvgIpc) is 3.26. The molecule has 3 heterocycles. The number of carbonyl (C=O) groups is 1. The summed E-state index contributed by atoms with van der Waals surface area (Å²) in [6.07, 6.45) is 0.